The molecule has 0 saturated carbocycles. The number of nitrogen functional groups attached to an aromatic ring is 1. The van der Waals surface area contributed by atoms with Crippen LogP contribution in [0, 0.1) is 18.6 Å². The Hall–Kier alpha value is -2.24. The zero-order valence-corrected chi connectivity index (χ0v) is 9.87. The molecule has 0 aliphatic rings. The highest BCUT2D eigenvalue weighted by Gasteiger charge is 2.15. The first kappa shape index (κ1) is 12.2. The van der Waals surface area contributed by atoms with Crippen molar-refractivity contribution >= 4 is 5.95 Å². The van der Waals surface area contributed by atoms with Crippen LogP contribution >= 0.6 is 0 Å². The van der Waals surface area contributed by atoms with Crippen molar-refractivity contribution in [1.82, 2.24) is 9.97 Å². The molecule has 18 heavy (non-hydrogen) atoms. The van der Waals surface area contributed by atoms with Gasteiger partial charge in [0.15, 0.2) is 11.6 Å². The molecule has 2 N–H and O–H groups in total. The van der Waals surface area contributed by atoms with E-state index in [2.05, 4.69) is 9.97 Å². The van der Waals surface area contributed by atoms with Gasteiger partial charge in [0.1, 0.15) is 0 Å². The highest BCUT2D eigenvalue weighted by Crippen LogP contribution is 2.27. The standard InChI is InChI=1S/C12H11F2N3O/c1-6-3-4-7(11(14)10(6)13)8-5-9(18-2)17-12(15)16-8/h3-5H,1-2H3,(H2,15,16,17). The topological polar surface area (TPSA) is 61.0 Å². The summed E-state index contributed by atoms with van der Waals surface area (Å²) in [6.07, 6.45) is 0. The number of nitrogens with two attached hydrogens (primary N) is 1. The Labute approximate surface area is 102 Å². The Bertz CT molecular complexity index is 602. The number of rotatable bonds is 2. The zero-order valence-electron chi connectivity index (χ0n) is 9.87. The lowest BCUT2D eigenvalue weighted by Crippen LogP contribution is -2.01. The molecule has 1 aromatic heterocycles. The van der Waals surface area contributed by atoms with Crippen molar-refractivity contribution < 1.29 is 13.5 Å². The van der Waals surface area contributed by atoms with Crippen LogP contribution in [0.5, 0.6) is 5.88 Å². The third kappa shape index (κ3) is 2.09. The van der Waals surface area contributed by atoms with Crippen molar-refractivity contribution in [2.75, 3.05) is 12.8 Å². The highest BCUT2D eigenvalue weighted by molar-refractivity contribution is 5.62. The molecule has 0 unspecified atom stereocenters. The Kier molecular flexibility index (Phi) is 3.10. The molecule has 0 amide bonds. The Morgan fingerprint density at radius 2 is 1.89 bits per heavy atom. The molecule has 0 atom stereocenters. The zero-order chi connectivity index (χ0) is 13.3. The molecule has 0 fully saturated rings. The van der Waals surface area contributed by atoms with Crippen molar-refractivity contribution in [3.8, 4) is 17.1 Å². The van der Waals surface area contributed by atoms with Gasteiger partial charge in [-0.1, -0.05) is 6.07 Å². The van der Waals surface area contributed by atoms with Crippen LogP contribution in [0.3, 0.4) is 0 Å². The molecule has 0 radical (unpaired) electrons. The lowest BCUT2D eigenvalue weighted by Gasteiger charge is -2.07. The largest absolute Gasteiger partial charge is 0.481 e. The number of methoxy groups -OCH3 is 1. The molecule has 0 aliphatic heterocycles. The van der Waals surface area contributed by atoms with Crippen LogP contribution in [0.15, 0.2) is 18.2 Å². The van der Waals surface area contributed by atoms with Gasteiger partial charge in [-0.3, -0.25) is 0 Å². The molecular formula is C12H11F2N3O. The van der Waals surface area contributed by atoms with E-state index in [0.29, 0.717) is 0 Å². The van der Waals surface area contributed by atoms with Gasteiger partial charge in [-0.2, -0.15) is 4.98 Å². The van der Waals surface area contributed by atoms with Crippen molar-refractivity contribution in [3.05, 3.63) is 35.4 Å². The van der Waals surface area contributed by atoms with E-state index in [1.807, 2.05) is 0 Å². The number of nitrogens with zero attached hydrogens (tertiary/aromatic N) is 2. The van der Waals surface area contributed by atoms with E-state index in [4.69, 9.17) is 10.5 Å². The van der Waals surface area contributed by atoms with Crippen LogP contribution in [0.4, 0.5) is 14.7 Å². The summed E-state index contributed by atoms with van der Waals surface area (Å²) < 4.78 is 32.2. The van der Waals surface area contributed by atoms with Crippen molar-refractivity contribution in [3.63, 3.8) is 0 Å². The van der Waals surface area contributed by atoms with Crippen LogP contribution in [0.25, 0.3) is 11.3 Å². The number of halogens is 2. The lowest BCUT2D eigenvalue weighted by atomic mass is 10.1. The molecule has 94 valence electrons. The average Bonchev–Trinajstić information content (AvgIpc) is 2.35. The molecule has 1 heterocycles. The minimum atomic E-state index is -0.963. The number of hydrogen-bond acceptors (Lipinski definition) is 4. The quantitative estimate of drug-likeness (QED) is 0.889. The van der Waals surface area contributed by atoms with E-state index in [0.717, 1.165) is 0 Å². The number of benzene rings is 1. The van der Waals surface area contributed by atoms with E-state index in [9.17, 15) is 8.78 Å². The van der Waals surface area contributed by atoms with Crippen molar-refractivity contribution in [1.29, 1.82) is 0 Å². The first-order valence-corrected chi connectivity index (χ1v) is 5.16. The first-order chi connectivity index (χ1) is 8.52. The Balaban J connectivity index is 2.62. The monoisotopic (exact) mass is 251 g/mol. The fourth-order valence-corrected chi connectivity index (χ4v) is 1.53. The van der Waals surface area contributed by atoms with Gasteiger partial charge in [-0.15, -0.1) is 0 Å². The number of aromatic nitrogens is 2. The predicted octanol–water partition coefficient (Wildman–Crippen LogP) is 2.32. The van der Waals surface area contributed by atoms with Crippen LogP contribution in [0.2, 0.25) is 0 Å². The molecule has 2 aromatic rings. The summed E-state index contributed by atoms with van der Waals surface area (Å²) in [6, 6.07) is 4.30. The molecule has 1 aromatic carbocycles. The second-order valence-corrected chi connectivity index (χ2v) is 3.71. The first-order valence-electron chi connectivity index (χ1n) is 5.16. The maximum absolute atomic E-state index is 13.8. The van der Waals surface area contributed by atoms with Gasteiger partial charge in [0, 0.05) is 11.6 Å². The van der Waals surface area contributed by atoms with Crippen LogP contribution in [-0.4, -0.2) is 17.1 Å². The molecule has 0 bridgehead atoms. The maximum atomic E-state index is 13.8. The summed E-state index contributed by atoms with van der Waals surface area (Å²) in [5.41, 5.74) is 5.89. The van der Waals surface area contributed by atoms with E-state index in [1.54, 1.807) is 0 Å². The molecular weight excluding hydrogens is 240 g/mol. The van der Waals surface area contributed by atoms with Gasteiger partial charge < -0.3 is 10.5 Å². The second kappa shape index (κ2) is 4.56. The van der Waals surface area contributed by atoms with Gasteiger partial charge in [-0.05, 0) is 18.6 Å². The number of hydrogen-bond donors (Lipinski definition) is 1. The van der Waals surface area contributed by atoms with Crippen LogP contribution < -0.4 is 10.5 Å². The normalized spacial score (nSPS) is 10.4. The molecule has 0 aliphatic carbocycles. The predicted molar refractivity (Wildman–Crippen MR) is 63.1 cm³/mol. The van der Waals surface area contributed by atoms with Crippen LogP contribution in [0.1, 0.15) is 5.56 Å². The highest BCUT2D eigenvalue weighted by atomic mass is 19.2. The minimum Gasteiger partial charge on any atom is -0.481 e. The molecule has 4 nitrogen and oxygen atoms in total. The van der Waals surface area contributed by atoms with E-state index < -0.39 is 11.6 Å². The number of aryl methyl sites for hydroxylation is 1. The van der Waals surface area contributed by atoms with Gasteiger partial charge in [-0.25, -0.2) is 13.8 Å². The molecule has 0 spiro atoms. The van der Waals surface area contributed by atoms with Gasteiger partial charge >= 0.3 is 0 Å². The minimum absolute atomic E-state index is 0.0190. The third-order valence-electron chi connectivity index (χ3n) is 2.48. The van der Waals surface area contributed by atoms with E-state index >= 15 is 0 Å². The smallest absolute Gasteiger partial charge is 0.223 e. The molecule has 2 rings (SSSR count). The van der Waals surface area contributed by atoms with E-state index in [1.165, 1.54) is 32.2 Å². The van der Waals surface area contributed by atoms with Gasteiger partial charge in [0.25, 0.3) is 0 Å². The average molecular weight is 251 g/mol. The van der Waals surface area contributed by atoms with Crippen molar-refractivity contribution in [2.24, 2.45) is 0 Å². The summed E-state index contributed by atoms with van der Waals surface area (Å²) in [5, 5.41) is 0. The maximum Gasteiger partial charge on any atom is 0.223 e. The van der Waals surface area contributed by atoms with Gasteiger partial charge in [0.05, 0.1) is 12.8 Å². The molecule has 6 heteroatoms. The summed E-state index contributed by atoms with van der Waals surface area (Å²) in [7, 11) is 1.40. The third-order valence-corrected chi connectivity index (χ3v) is 2.48. The van der Waals surface area contributed by atoms with Crippen molar-refractivity contribution in [2.45, 2.75) is 6.92 Å². The fourth-order valence-electron chi connectivity index (χ4n) is 1.53. The van der Waals surface area contributed by atoms with Crippen LogP contribution in [-0.2, 0) is 0 Å². The summed E-state index contributed by atoms with van der Waals surface area (Å²) in [5.74, 6) is -1.73. The van der Waals surface area contributed by atoms with Gasteiger partial charge in [0.2, 0.25) is 11.8 Å². The number of anilines is 1. The summed E-state index contributed by atoms with van der Waals surface area (Å²) in [4.78, 5) is 7.64. The SMILES string of the molecule is COc1cc(-c2ccc(C)c(F)c2F)nc(N)n1. The van der Waals surface area contributed by atoms with E-state index in [-0.39, 0.29) is 28.6 Å². The fraction of sp³-hybridized carbons (Fsp3) is 0.167. The second-order valence-electron chi connectivity index (χ2n) is 3.71. The lowest BCUT2D eigenvalue weighted by molar-refractivity contribution is 0.398. The summed E-state index contributed by atoms with van der Waals surface area (Å²) in [6.45, 7) is 1.48. The molecule has 0 saturated heterocycles. The number of ether oxygens (including phenoxy) is 1. The Morgan fingerprint density at radius 1 is 1.17 bits per heavy atom. The Morgan fingerprint density at radius 3 is 2.56 bits per heavy atom. The summed E-state index contributed by atoms with van der Waals surface area (Å²) >= 11 is 0.